The smallest absolute Gasteiger partial charge is 0.219 e. The number of carbonyl (C=O) groups excluding carboxylic acids is 1. The Morgan fingerprint density at radius 1 is 1.30 bits per heavy atom. The Morgan fingerprint density at radius 3 is 2.93 bits per heavy atom. The summed E-state index contributed by atoms with van der Waals surface area (Å²) in [6.07, 6.45) is 4.64. The number of carbonyl (C=O) groups is 1. The van der Waals surface area contributed by atoms with Gasteiger partial charge < -0.3 is 10.2 Å². The Balaban J connectivity index is 1.51. The highest BCUT2D eigenvalue weighted by Gasteiger charge is 2.28. The van der Waals surface area contributed by atoms with Gasteiger partial charge in [0.25, 0.3) is 0 Å². The topological polar surface area (TPSA) is 73.9 Å². The highest BCUT2D eigenvalue weighted by Crippen LogP contribution is 2.33. The molecule has 0 spiro atoms. The van der Waals surface area contributed by atoms with Crippen LogP contribution in [0.15, 0.2) is 54.9 Å². The van der Waals surface area contributed by atoms with E-state index in [4.69, 9.17) is 0 Å². The van der Waals surface area contributed by atoms with E-state index >= 15 is 0 Å². The van der Waals surface area contributed by atoms with Gasteiger partial charge in [-0.3, -0.25) is 9.89 Å². The van der Waals surface area contributed by atoms with Gasteiger partial charge in [-0.1, -0.05) is 30.3 Å². The molecule has 0 saturated carbocycles. The third-order valence-corrected chi connectivity index (χ3v) is 5.10. The number of aromatic amines is 1. The molecule has 1 saturated heterocycles. The SMILES string of the molecule is CC(=O)N1CC[C@H](c2[nH]ncc2-c2ccnc(NCc3ccccc3)c2)C1. The molecule has 27 heavy (non-hydrogen) atoms. The molecular weight excluding hydrogens is 338 g/mol. The van der Waals surface area contributed by atoms with Crippen LogP contribution < -0.4 is 5.32 Å². The number of aromatic nitrogens is 3. The number of nitrogens with zero attached hydrogens (tertiary/aromatic N) is 3. The van der Waals surface area contributed by atoms with Crippen LogP contribution in [-0.2, 0) is 11.3 Å². The molecule has 2 N–H and O–H groups in total. The third kappa shape index (κ3) is 3.84. The summed E-state index contributed by atoms with van der Waals surface area (Å²) in [5.41, 5.74) is 4.46. The molecule has 2 aromatic heterocycles. The average Bonchev–Trinajstić information content (AvgIpc) is 3.36. The molecule has 6 heteroatoms. The summed E-state index contributed by atoms with van der Waals surface area (Å²) in [5, 5.41) is 10.8. The van der Waals surface area contributed by atoms with Gasteiger partial charge in [0.2, 0.25) is 5.91 Å². The molecule has 4 rings (SSSR count). The molecule has 1 aromatic carbocycles. The van der Waals surface area contributed by atoms with Gasteiger partial charge in [0.05, 0.1) is 6.20 Å². The highest BCUT2D eigenvalue weighted by atomic mass is 16.2. The molecule has 6 nitrogen and oxygen atoms in total. The van der Waals surface area contributed by atoms with Crippen LogP contribution in [0.25, 0.3) is 11.1 Å². The summed E-state index contributed by atoms with van der Waals surface area (Å²) in [6.45, 7) is 3.91. The van der Waals surface area contributed by atoms with E-state index in [1.54, 1.807) is 6.92 Å². The summed E-state index contributed by atoms with van der Waals surface area (Å²) >= 11 is 0. The van der Waals surface area contributed by atoms with E-state index in [0.29, 0.717) is 5.92 Å². The van der Waals surface area contributed by atoms with E-state index in [9.17, 15) is 4.79 Å². The van der Waals surface area contributed by atoms with Gasteiger partial charge >= 0.3 is 0 Å². The molecule has 0 radical (unpaired) electrons. The highest BCUT2D eigenvalue weighted by molar-refractivity contribution is 5.74. The Bertz CT molecular complexity index is 921. The standard InChI is InChI=1S/C21H23N5O/c1-15(27)26-10-8-18(14-26)21-19(13-24-25-21)17-7-9-22-20(11-17)23-12-16-5-3-2-4-6-16/h2-7,9,11,13,18H,8,10,12,14H2,1H3,(H,22,23)(H,24,25)/t18-/m0/s1. The van der Waals surface area contributed by atoms with Crippen molar-refractivity contribution < 1.29 is 4.79 Å². The van der Waals surface area contributed by atoms with E-state index in [-0.39, 0.29) is 5.91 Å². The lowest BCUT2D eigenvalue weighted by Gasteiger charge is -2.14. The van der Waals surface area contributed by atoms with Gasteiger partial charge in [0.15, 0.2) is 0 Å². The molecule has 0 aliphatic carbocycles. The fraction of sp³-hybridized carbons (Fsp3) is 0.286. The van der Waals surface area contributed by atoms with Gasteiger partial charge in [0.1, 0.15) is 5.82 Å². The summed E-state index contributed by atoms with van der Waals surface area (Å²) in [6, 6.07) is 14.3. The molecular formula is C21H23N5O. The van der Waals surface area contributed by atoms with E-state index in [0.717, 1.165) is 48.7 Å². The average molecular weight is 361 g/mol. The normalized spacial score (nSPS) is 16.5. The lowest BCUT2D eigenvalue weighted by molar-refractivity contribution is -0.127. The predicted octanol–water partition coefficient (Wildman–Crippen LogP) is 3.42. The number of H-pyrrole nitrogens is 1. The van der Waals surface area contributed by atoms with E-state index < -0.39 is 0 Å². The first-order valence-electron chi connectivity index (χ1n) is 9.23. The van der Waals surface area contributed by atoms with Crippen molar-refractivity contribution in [2.24, 2.45) is 0 Å². The summed E-state index contributed by atoms with van der Waals surface area (Å²) in [5.74, 6) is 1.26. The number of benzene rings is 1. The van der Waals surface area contributed by atoms with Gasteiger partial charge in [-0.2, -0.15) is 5.10 Å². The van der Waals surface area contributed by atoms with Crippen LogP contribution in [0.4, 0.5) is 5.82 Å². The number of likely N-dealkylation sites (tertiary alicyclic amines) is 1. The van der Waals surface area contributed by atoms with Crippen LogP contribution in [0, 0.1) is 0 Å². The second-order valence-electron chi connectivity index (χ2n) is 6.92. The van der Waals surface area contributed by atoms with Crippen molar-refractivity contribution >= 4 is 11.7 Å². The molecule has 0 bridgehead atoms. The van der Waals surface area contributed by atoms with Crippen molar-refractivity contribution in [1.29, 1.82) is 0 Å². The minimum absolute atomic E-state index is 0.134. The number of nitrogens with one attached hydrogen (secondary N) is 2. The molecule has 3 heterocycles. The van der Waals surface area contributed by atoms with Crippen molar-refractivity contribution in [3.05, 3.63) is 66.1 Å². The molecule has 1 fully saturated rings. The number of hydrogen-bond acceptors (Lipinski definition) is 4. The Kier molecular flexibility index (Phi) is 4.87. The van der Waals surface area contributed by atoms with Gasteiger partial charge in [0, 0.05) is 49.9 Å². The third-order valence-electron chi connectivity index (χ3n) is 5.10. The maximum Gasteiger partial charge on any atom is 0.219 e. The Labute approximate surface area is 158 Å². The zero-order chi connectivity index (χ0) is 18.6. The quantitative estimate of drug-likeness (QED) is 0.730. The minimum Gasteiger partial charge on any atom is -0.366 e. The van der Waals surface area contributed by atoms with E-state index in [2.05, 4.69) is 38.7 Å². The van der Waals surface area contributed by atoms with Crippen molar-refractivity contribution in [2.45, 2.75) is 25.8 Å². The second kappa shape index (κ2) is 7.61. The van der Waals surface area contributed by atoms with Crippen molar-refractivity contribution in [2.75, 3.05) is 18.4 Å². The summed E-state index contributed by atoms with van der Waals surface area (Å²) in [7, 11) is 0. The fourth-order valence-electron chi connectivity index (χ4n) is 3.60. The van der Waals surface area contributed by atoms with Crippen LogP contribution in [-0.4, -0.2) is 39.1 Å². The predicted molar refractivity (Wildman–Crippen MR) is 105 cm³/mol. The molecule has 1 aliphatic heterocycles. The van der Waals surface area contributed by atoms with Gasteiger partial charge in [-0.15, -0.1) is 0 Å². The fourth-order valence-corrected chi connectivity index (χ4v) is 3.60. The van der Waals surface area contributed by atoms with Crippen molar-refractivity contribution in [1.82, 2.24) is 20.1 Å². The molecule has 3 aromatic rings. The Hall–Kier alpha value is -3.15. The molecule has 138 valence electrons. The van der Waals surface area contributed by atoms with Crippen molar-refractivity contribution in [3.63, 3.8) is 0 Å². The lowest BCUT2D eigenvalue weighted by Crippen LogP contribution is -2.25. The molecule has 1 aliphatic rings. The monoisotopic (exact) mass is 361 g/mol. The first kappa shape index (κ1) is 17.3. The van der Waals surface area contributed by atoms with Crippen LogP contribution >= 0.6 is 0 Å². The number of rotatable bonds is 5. The molecule has 1 atom stereocenters. The number of anilines is 1. The van der Waals surface area contributed by atoms with Crippen LogP contribution in [0.2, 0.25) is 0 Å². The maximum absolute atomic E-state index is 11.6. The molecule has 0 unspecified atom stereocenters. The maximum atomic E-state index is 11.6. The number of amides is 1. The van der Waals surface area contributed by atoms with Gasteiger partial charge in [-0.25, -0.2) is 4.98 Å². The number of hydrogen-bond donors (Lipinski definition) is 2. The zero-order valence-corrected chi connectivity index (χ0v) is 15.4. The zero-order valence-electron chi connectivity index (χ0n) is 15.4. The van der Waals surface area contributed by atoms with Crippen LogP contribution in [0.1, 0.15) is 30.5 Å². The van der Waals surface area contributed by atoms with E-state index in [1.807, 2.05) is 41.6 Å². The summed E-state index contributed by atoms with van der Waals surface area (Å²) in [4.78, 5) is 18.0. The van der Waals surface area contributed by atoms with Crippen molar-refractivity contribution in [3.8, 4) is 11.1 Å². The summed E-state index contributed by atoms with van der Waals surface area (Å²) < 4.78 is 0. The minimum atomic E-state index is 0.134. The van der Waals surface area contributed by atoms with E-state index in [1.165, 1.54) is 5.56 Å². The molecule has 1 amide bonds. The second-order valence-corrected chi connectivity index (χ2v) is 6.92. The van der Waals surface area contributed by atoms with Gasteiger partial charge in [-0.05, 0) is 29.7 Å². The number of pyridine rings is 1. The van der Waals surface area contributed by atoms with Crippen LogP contribution in [0.3, 0.4) is 0 Å². The lowest BCUT2D eigenvalue weighted by atomic mass is 9.97. The first-order chi connectivity index (χ1) is 13.2. The Morgan fingerprint density at radius 2 is 2.15 bits per heavy atom. The largest absolute Gasteiger partial charge is 0.366 e. The van der Waals surface area contributed by atoms with Crippen LogP contribution in [0.5, 0.6) is 0 Å². The first-order valence-corrected chi connectivity index (χ1v) is 9.23.